The van der Waals surface area contributed by atoms with Crippen LogP contribution in [0.15, 0.2) is 46.5 Å². The van der Waals surface area contributed by atoms with Crippen LogP contribution < -0.4 is 10.1 Å². The molecule has 1 unspecified atom stereocenters. The molecule has 0 aliphatic carbocycles. The smallest absolute Gasteiger partial charge is 0.373 e. The van der Waals surface area contributed by atoms with Crippen LogP contribution in [0.3, 0.4) is 0 Å². The third-order valence-electron chi connectivity index (χ3n) is 4.15. The molecule has 1 atom stereocenters. The van der Waals surface area contributed by atoms with Crippen LogP contribution in [0.5, 0.6) is 5.75 Å². The normalized spacial score (nSPS) is 15.8. The first kappa shape index (κ1) is 20.6. The third-order valence-corrected chi connectivity index (χ3v) is 4.15. The summed E-state index contributed by atoms with van der Waals surface area (Å²) in [7, 11) is 1.21. The third kappa shape index (κ3) is 4.49. The average molecular weight is 414 g/mol. The van der Waals surface area contributed by atoms with Crippen molar-refractivity contribution < 1.29 is 38.2 Å². The maximum Gasteiger partial charge on any atom is 0.373 e. The SMILES string of the molecule is COC(=O)c1ccc(CN2C(=O)NC(=Cc3cccc(OC(C)C(=O)O)c3)C2=O)o1. The number of carbonyl (C=O) groups is 4. The number of ether oxygens (including phenoxy) is 2. The second kappa shape index (κ2) is 8.52. The summed E-state index contributed by atoms with van der Waals surface area (Å²) in [6, 6.07) is 8.64. The van der Waals surface area contributed by atoms with Crippen LogP contribution in [-0.2, 0) is 20.9 Å². The largest absolute Gasteiger partial charge is 0.479 e. The van der Waals surface area contributed by atoms with Gasteiger partial charge in [-0.1, -0.05) is 12.1 Å². The van der Waals surface area contributed by atoms with Gasteiger partial charge in [-0.2, -0.15) is 0 Å². The van der Waals surface area contributed by atoms with Crippen LogP contribution in [0, 0.1) is 0 Å². The van der Waals surface area contributed by atoms with Gasteiger partial charge < -0.3 is 24.3 Å². The van der Waals surface area contributed by atoms with Crippen molar-refractivity contribution in [2.24, 2.45) is 0 Å². The Kier molecular flexibility index (Phi) is 5.86. The number of imide groups is 1. The summed E-state index contributed by atoms with van der Waals surface area (Å²) in [6.45, 7) is 1.23. The van der Waals surface area contributed by atoms with Gasteiger partial charge in [-0.15, -0.1) is 0 Å². The standard InChI is InChI=1S/C20H18N2O8/c1-11(18(24)25)29-13-5-3-4-12(8-13)9-15-17(23)22(20(27)21-15)10-14-6-7-16(30-14)19(26)28-2/h3-9,11H,10H2,1-2H3,(H,21,27)(H,24,25). The molecule has 3 rings (SSSR count). The predicted molar refractivity (Wildman–Crippen MR) is 101 cm³/mol. The summed E-state index contributed by atoms with van der Waals surface area (Å²) in [6.07, 6.45) is 0.403. The molecule has 0 saturated carbocycles. The van der Waals surface area contributed by atoms with Crippen LogP contribution in [0.2, 0.25) is 0 Å². The second-order valence-electron chi connectivity index (χ2n) is 6.31. The molecule has 2 aromatic rings. The van der Waals surface area contributed by atoms with E-state index in [-0.39, 0.29) is 23.8 Å². The molecule has 1 fully saturated rings. The fraction of sp³-hybridized carbons (Fsp3) is 0.200. The number of hydrogen-bond acceptors (Lipinski definition) is 7. The molecule has 0 spiro atoms. The first-order valence-electron chi connectivity index (χ1n) is 8.79. The Hall–Kier alpha value is -4.08. The summed E-state index contributed by atoms with van der Waals surface area (Å²) >= 11 is 0. The number of methoxy groups -OCH3 is 1. The van der Waals surface area contributed by atoms with Crippen LogP contribution in [-0.4, -0.2) is 47.1 Å². The minimum absolute atomic E-state index is 0.0307. The summed E-state index contributed by atoms with van der Waals surface area (Å²) < 4.78 is 15.1. The van der Waals surface area contributed by atoms with Gasteiger partial charge >= 0.3 is 18.0 Å². The van der Waals surface area contributed by atoms with Crippen molar-refractivity contribution in [1.29, 1.82) is 0 Å². The van der Waals surface area contributed by atoms with Gasteiger partial charge in [0.15, 0.2) is 6.10 Å². The highest BCUT2D eigenvalue weighted by Crippen LogP contribution is 2.21. The van der Waals surface area contributed by atoms with Crippen LogP contribution in [0.4, 0.5) is 4.79 Å². The fourth-order valence-electron chi connectivity index (χ4n) is 2.64. The highest BCUT2D eigenvalue weighted by molar-refractivity contribution is 6.13. The summed E-state index contributed by atoms with van der Waals surface area (Å²) in [4.78, 5) is 48.1. The number of furan rings is 1. The van der Waals surface area contributed by atoms with Crippen molar-refractivity contribution in [3.05, 3.63) is 59.2 Å². The zero-order chi connectivity index (χ0) is 21.8. The monoisotopic (exact) mass is 414 g/mol. The lowest BCUT2D eigenvalue weighted by atomic mass is 10.1. The van der Waals surface area contributed by atoms with Gasteiger partial charge in [0.05, 0.1) is 13.7 Å². The number of urea groups is 1. The van der Waals surface area contributed by atoms with Crippen LogP contribution in [0.25, 0.3) is 6.08 Å². The molecule has 1 aliphatic rings. The van der Waals surface area contributed by atoms with Crippen LogP contribution >= 0.6 is 0 Å². The summed E-state index contributed by atoms with van der Waals surface area (Å²) in [5, 5.41) is 11.4. The summed E-state index contributed by atoms with van der Waals surface area (Å²) in [5.74, 6) is -1.86. The number of rotatable bonds is 7. The highest BCUT2D eigenvalue weighted by Gasteiger charge is 2.34. The van der Waals surface area contributed by atoms with Gasteiger partial charge in [0.2, 0.25) is 5.76 Å². The topological polar surface area (TPSA) is 135 Å². The molecular weight excluding hydrogens is 396 g/mol. The van der Waals surface area contributed by atoms with E-state index < -0.39 is 30.0 Å². The molecule has 30 heavy (non-hydrogen) atoms. The van der Waals surface area contributed by atoms with E-state index in [2.05, 4.69) is 10.1 Å². The lowest BCUT2D eigenvalue weighted by Crippen LogP contribution is -2.30. The molecule has 1 saturated heterocycles. The van der Waals surface area contributed by atoms with Crippen molar-refractivity contribution in [1.82, 2.24) is 10.2 Å². The number of amides is 3. The Balaban J connectivity index is 1.74. The molecule has 3 amide bonds. The van der Waals surface area contributed by atoms with Gasteiger partial charge in [0.25, 0.3) is 5.91 Å². The lowest BCUT2D eigenvalue weighted by Gasteiger charge is -2.10. The molecule has 10 heteroatoms. The molecule has 0 bridgehead atoms. The van der Waals surface area contributed by atoms with E-state index in [1.807, 2.05) is 0 Å². The molecule has 0 radical (unpaired) electrons. The Morgan fingerprint density at radius 3 is 2.73 bits per heavy atom. The van der Waals surface area contributed by atoms with Crippen LogP contribution in [0.1, 0.15) is 28.8 Å². The molecule has 1 aliphatic heterocycles. The Morgan fingerprint density at radius 1 is 1.27 bits per heavy atom. The lowest BCUT2D eigenvalue weighted by molar-refractivity contribution is -0.144. The van der Waals surface area contributed by atoms with Gasteiger partial charge in [-0.05, 0) is 42.8 Å². The Labute approximate surface area is 170 Å². The van der Waals surface area contributed by atoms with Gasteiger partial charge in [0.1, 0.15) is 17.2 Å². The maximum absolute atomic E-state index is 12.6. The molecule has 2 N–H and O–H groups in total. The first-order valence-corrected chi connectivity index (χ1v) is 8.79. The molecular formula is C20H18N2O8. The van der Waals surface area contributed by atoms with E-state index in [4.69, 9.17) is 14.3 Å². The van der Waals surface area contributed by atoms with Crippen molar-refractivity contribution in [2.75, 3.05) is 7.11 Å². The Morgan fingerprint density at radius 2 is 2.03 bits per heavy atom. The van der Waals surface area contributed by atoms with Gasteiger partial charge in [-0.3, -0.25) is 9.69 Å². The number of nitrogens with zero attached hydrogens (tertiary/aromatic N) is 1. The number of nitrogens with one attached hydrogen (secondary N) is 1. The fourth-order valence-corrected chi connectivity index (χ4v) is 2.64. The van der Waals surface area contributed by atoms with E-state index in [9.17, 15) is 19.2 Å². The quantitative estimate of drug-likeness (QED) is 0.399. The number of carboxylic acid groups (broad SMARTS) is 1. The van der Waals surface area contributed by atoms with E-state index in [0.717, 1.165) is 4.90 Å². The molecule has 1 aromatic heterocycles. The minimum atomic E-state index is -1.11. The molecule has 10 nitrogen and oxygen atoms in total. The van der Waals surface area contributed by atoms with E-state index in [1.165, 1.54) is 32.2 Å². The maximum atomic E-state index is 12.6. The van der Waals surface area contributed by atoms with Crippen molar-refractivity contribution in [2.45, 2.75) is 19.6 Å². The van der Waals surface area contributed by atoms with Gasteiger partial charge in [-0.25, -0.2) is 14.4 Å². The Bertz CT molecular complexity index is 1040. The average Bonchev–Trinajstić information content (AvgIpc) is 3.28. The van der Waals surface area contributed by atoms with Crippen molar-refractivity contribution >= 4 is 30.0 Å². The number of hydrogen-bond donors (Lipinski definition) is 2. The molecule has 156 valence electrons. The number of carboxylic acids is 1. The number of benzene rings is 1. The first-order chi connectivity index (χ1) is 14.3. The van der Waals surface area contributed by atoms with E-state index in [0.29, 0.717) is 11.3 Å². The highest BCUT2D eigenvalue weighted by atomic mass is 16.5. The second-order valence-corrected chi connectivity index (χ2v) is 6.31. The molecule has 2 heterocycles. The summed E-state index contributed by atoms with van der Waals surface area (Å²) in [5.41, 5.74) is 0.560. The number of esters is 1. The number of aliphatic carboxylic acids is 1. The minimum Gasteiger partial charge on any atom is -0.479 e. The zero-order valence-corrected chi connectivity index (χ0v) is 16.1. The van der Waals surface area contributed by atoms with Gasteiger partial charge in [0, 0.05) is 0 Å². The van der Waals surface area contributed by atoms with Crippen molar-refractivity contribution in [3.63, 3.8) is 0 Å². The zero-order valence-electron chi connectivity index (χ0n) is 16.1. The van der Waals surface area contributed by atoms with E-state index >= 15 is 0 Å². The van der Waals surface area contributed by atoms with Crippen molar-refractivity contribution in [3.8, 4) is 5.75 Å². The number of carbonyl (C=O) groups excluding carboxylic acids is 3. The molecule has 1 aromatic carbocycles. The predicted octanol–water partition coefficient (Wildman–Crippen LogP) is 2.01. The van der Waals surface area contributed by atoms with E-state index in [1.54, 1.807) is 24.3 Å².